The van der Waals surface area contributed by atoms with Crippen molar-refractivity contribution in [1.29, 1.82) is 0 Å². The third-order valence-corrected chi connectivity index (χ3v) is 4.68. The van der Waals surface area contributed by atoms with Crippen molar-refractivity contribution in [2.75, 3.05) is 32.5 Å². The van der Waals surface area contributed by atoms with Gasteiger partial charge >= 0.3 is 0 Å². The second kappa shape index (κ2) is 8.92. The second-order valence-electron chi connectivity index (χ2n) is 6.70. The Labute approximate surface area is 156 Å². The summed E-state index contributed by atoms with van der Waals surface area (Å²) in [5.41, 5.74) is 4.69. The zero-order valence-electron chi connectivity index (χ0n) is 15.8. The maximum atomic E-state index is 5.77. The summed E-state index contributed by atoms with van der Waals surface area (Å²) in [7, 11) is 4.16. The van der Waals surface area contributed by atoms with Crippen LogP contribution in [0.5, 0.6) is 0 Å². The third-order valence-electron chi connectivity index (χ3n) is 4.34. The van der Waals surface area contributed by atoms with E-state index >= 15 is 0 Å². The van der Waals surface area contributed by atoms with Gasteiger partial charge in [-0.2, -0.15) is 0 Å². The average Bonchev–Trinajstić information content (AvgIpc) is 2.58. The van der Waals surface area contributed by atoms with E-state index in [0.717, 1.165) is 23.9 Å². The Morgan fingerprint density at radius 2 is 1.80 bits per heavy atom. The molecule has 0 fully saturated rings. The lowest BCUT2D eigenvalue weighted by molar-refractivity contribution is 0.289. The monoisotopic (exact) mass is 356 g/mol. The Bertz CT molecular complexity index is 700. The van der Waals surface area contributed by atoms with Crippen molar-refractivity contribution in [2.24, 2.45) is 0 Å². The molecule has 2 rings (SSSR count). The first-order chi connectivity index (χ1) is 11.9. The number of pyridine rings is 1. The summed E-state index contributed by atoms with van der Waals surface area (Å²) in [6, 6.07) is 10.7. The molecule has 0 bridgehead atoms. The molecule has 0 spiro atoms. The smallest absolute Gasteiger partial charge is 0.173 e. The highest BCUT2D eigenvalue weighted by Crippen LogP contribution is 2.22. The molecular formula is C20H28N4S. The molecule has 25 heavy (non-hydrogen) atoms. The molecule has 0 saturated heterocycles. The molecular weight excluding hydrogens is 328 g/mol. The van der Waals surface area contributed by atoms with Gasteiger partial charge in [-0.25, -0.2) is 0 Å². The molecule has 1 aromatic heterocycles. The summed E-state index contributed by atoms with van der Waals surface area (Å²) in [6.45, 7) is 8.16. The van der Waals surface area contributed by atoms with Crippen LogP contribution >= 0.6 is 12.2 Å². The standard InChI is InChI=1S/C20H28N4S/c1-15-6-7-16(2)19(14-15)22-20(25)24(13-12-23(4)5)17(3)18-8-10-21-11-9-18/h6-11,14,17H,12-13H2,1-5H3,(H,22,25)/t17-/m0/s1. The first-order valence-electron chi connectivity index (χ1n) is 8.58. The molecule has 4 nitrogen and oxygen atoms in total. The molecule has 0 aliphatic rings. The highest BCUT2D eigenvalue weighted by atomic mass is 32.1. The first-order valence-corrected chi connectivity index (χ1v) is 8.99. The highest BCUT2D eigenvalue weighted by molar-refractivity contribution is 7.80. The Morgan fingerprint density at radius 1 is 1.12 bits per heavy atom. The molecule has 5 heteroatoms. The van der Waals surface area contributed by atoms with Crippen molar-refractivity contribution in [3.63, 3.8) is 0 Å². The number of anilines is 1. The van der Waals surface area contributed by atoms with Gasteiger partial charge < -0.3 is 15.1 Å². The van der Waals surface area contributed by atoms with Crippen LogP contribution in [0.1, 0.15) is 29.7 Å². The summed E-state index contributed by atoms with van der Waals surface area (Å²) in [6.07, 6.45) is 3.66. The Morgan fingerprint density at radius 3 is 2.44 bits per heavy atom. The maximum Gasteiger partial charge on any atom is 0.173 e. The van der Waals surface area contributed by atoms with E-state index in [1.54, 1.807) is 0 Å². The number of aromatic nitrogens is 1. The van der Waals surface area contributed by atoms with E-state index in [9.17, 15) is 0 Å². The van der Waals surface area contributed by atoms with E-state index < -0.39 is 0 Å². The normalized spacial score (nSPS) is 12.1. The van der Waals surface area contributed by atoms with E-state index in [0.29, 0.717) is 0 Å². The largest absolute Gasteiger partial charge is 0.341 e. The minimum absolute atomic E-state index is 0.174. The number of hydrogen-bond donors (Lipinski definition) is 1. The SMILES string of the molecule is Cc1ccc(C)c(NC(=S)N(CCN(C)C)[C@@H](C)c2ccncc2)c1. The number of nitrogens with one attached hydrogen (secondary N) is 1. The molecule has 0 aliphatic carbocycles. The fraction of sp³-hybridized carbons (Fsp3) is 0.400. The highest BCUT2D eigenvalue weighted by Gasteiger charge is 2.19. The van der Waals surface area contributed by atoms with Gasteiger partial charge in [0, 0.05) is 31.2 Å². The third kappa shape index (κ3) is 5.51. The van der Waals surface area contributed by atoms with Crippen molar-refractivity contribution in [3.05, 3.63) is 59.4 Å². The first kappa shape index (κ1) is 19.3. The lowest BCUT2D eigenvalue weighted by Gasteiger charge is -2.33. The van der Waals surface area contributed by atoms with Gasteiger partial charge in [0.05, 0.1) is 6.04 Å². The molecule has 0 unspecified atom stereocenters. The van der Waals surface area contributed by atoms with Gasteiger partial charge in [-0.1, -0.05) is 12.1 Å². The number of aryl methyl sites for hydroxylation is 2. The molecule has 2 aromatic rings. The minimum atomic E-state index is 0.174. The van der Waals surface area contributed by atoms with Gasteiger partial charge in [-0.3, -0.25) is 4.98 Å². The van der Waals surface area contributed by atoms with E-state index in [1.807, 2.05) is 24.5 Å². The molecule has 0 radical (unpaired) electrons. The fourth-order valence-corrected chi connectivity index (χ4v) is 3.02. The van der Waals surface area contributed by atoms with Crippen LogP contribution in [-0.2, 0) is 0 Å². The zero-order valence-corrected chi connectivity index (χ0v) is 16.6. The van der Waals surface area contributed by atoms with Gasteiger partial charge in [-0.15, -0.1) is 0 Å². The molecule has 1 N–H and O–H groups in total. The Kier molecular flexibility index (Phi) is 6.91. The summed E-state index contributed by atoms with van der Waals surface area (Å²) >= 11 is 5.77. The number of benzene rings is 1. The van der Waals surface area contributed by atoms with Crippen LogP contribution < -0.4 is 5.32 Å². The van der Waals surface area contributed by atoms with Crippen LogP contribution in [0.25, 0.3) is 0 Å². The lowest BCUT2D eigenvalue weighted by atomic mass is 10.1. The summed E-state index contributed by atoms with van der Waals surface area (Å²) in [5.74, 6) is 0. The number of hydrogen-bond acceptors (Lipinski definition) is 3. The number of rotatable bonds is 6. The van der Waals surface area contributed by atoms with Crippen LogP contribution in [0, 0.1) is 13.8 Å². The average molecular weight is 357 g/mol. The summed E-state index contributed by atoms with van der Waals surface area (Å²) < 4.78 is 0. The predicted molar refractivity (Wildman–Crippen MR) is 110 cm³/mol. The van der Waals surface area contributed by atoms with E-state index in [1.165, 1.54) is 16.7 Å². The molecule has 1 atom stereocenters. The summed E-state index contributed by atoms with van der Waals surface area (Å²) in [4.78, 5) is 8.54. The van der Waals surface area contributed by atoms with Gasteiger partial charge in [0.1, 0.15) is 0 Å². The molecule has 0 saturated carbocycles. The van der Waals surface area contributed by atoms with Gasteiger partial charge in [0.25, 0.3) is 0 Å². The van der Waals surface area contributed by atoms with Crippen molar-refractivity contribution < 1.29 is 0 Å². The van der Waals surface area contributed by atoms with E-state index in [2.05, 4.69) is 73.2 Å². The van der Waals surface area contributed by atoms with Crippen molar-refractivity contribution in [2.45, 2.75) is 26.8 Å². The van der Waals surface area contributed by atoms with Crippen LogP contribution in [0.2, 0.25) is 0 Å². The Balaban J connectivity index is 2.21. The second-order valence-corrected chi connectivity index (χ2v) is 7.09. The van der Waals surface area contributed by atoms with Gasteiger partial charge in [0.15, 0.2) is 5.11 Å². The zero-order chi connectivity index (χ0) is 18.4. The maximum absolute atomic E-state index is 5.77. The number of nitrogens with zero attached hydrogens (tertiary/aromatic N) is 3. The minimum Gasteiger partial charge on any atom is -0.341 e. The molecule has 0 aliphatic heterocycles. The van der Waals surface area contributed by atoms with Gasteiger partial charge in [-0.05, 0) is 82.0 Å². The quantitative estimate of drug-likeness (QED) is 0.790. The number of thiocarbonyl (C=S) groups is 1. The van der Waals surface area contributed by atoms with Crippen molar-refractivity contribution in [3.8, 4) is 0 Å². The number of likely N-dealkylation sites (N-methyl/N-ethyl adjacent to an activating group) is 1. The fourth-order valence-electron chi connectivity index (χ4n) is 2.66. The van der Waals surface area contributed by atoms with Crippen LogP contribution in [0.4, 0.5) is 5.69 Å². The molecule has 0 amide bonds. The van der Waals surface area contributed by atoms with Crippen molar-refractivity contribution in [1.82, 2.24) is 14.8 Å². The van der Waals surface area contributed by atoms with E-state index in [-0.39, 0.29) is 6.04 Å². The molecule has 134 valence electrons. The lowest BCUT2D eigenvalue weighted by Crippen LogP contribution is -2.41. The Hall–Kier alpha value is -1.98. The predicted octanol–water partition coefficient (Wildman–Crippen LogP) is 4.02. The van der Waals surface area contributed by atoms with Crippen LogP contribution in [-0.4, -0.2) is 47.1 Å². The van der Waals surface area contributed by atoms with Crippen LogP contribution in [0.15, 0.2) is 42.7 Å². The van der Waals surface area contributed by atoms with Crippen LogP contribution in [0.3, 0.4) is 0 Å². The van der Waals surface area contributed by atoms with Crippen molar-refractivity contribution >= 4 is 23.0 Å². The topological polar surface area (TPSA) is 31.4 Å². The summed E-state index contributed by atoms with van der Waals surface area (Å²) in [5, 5.41) is 4.20. The molecule has 1 aromatic carbocycles. The van der Waals surface area contributed by atoms with E-state index in [4.69, 9.17) is 12.2 Å². The molecule has 1 heterocycles. The van der Waals surface area contributed by atoms with Gasteiger partial charge in [0.2, 0.25) is 0 Å².